The Bertz CT molecular complexity index is 1070. The SMILES string of the molecule is CCS(=O)(=O)c1ccc(CC(=O)c2cc(N(CC3CC3)C3CCCCC3)ncn2)c(C)c1. The molecular weight excluding hydrogens is 422 g/mol. The number of anilines is 1. The number of aryl methyl sites for hydroxylation is 1. The Morgan fingerprint density at radius 3 is 2.47 bits per heavy atom. The topological polar surface area (TPSA) is 80.2 Å². The molecule has 2 aliphatic rings. The monoisotopic (exact) mass is 455 g/mol. The normalized spacial score (nSPS) is 17.3. The molecule has 0 aliphatic heterocycles. The fourth-order valence-corrected chi connectivity index (χ4v) is 5.51. The molecule has 32 heavy (non-hydrogen) atoms. The molecule has 0 N–H and O–H groups in total. The van der Waals surface area contributed by atoms with Crippen molar-refractivity contribution in [1.29, 1.82) is 0 Å². The quantitative estimate of drug-likeness (QED) is 0.516. The summed E-state index contributed by atoms with van der Waals surface area (Å²) in [4.78, 5) is 24.6. The summed E-state index contributed by atoms with van der Waals surface area (Å²) in [5.41, 5.74) is 2.06. The van der Waals surface area contributed by atoms with Crippen LogP contribution >= 0.6 is 0 Å². The molecule has 0 spiro atoms. The number of hydrogen-bond acceptors (Lipinski definition) is 6. The number of nitrogens with zero attached hydrogens (tertiary/aromatic N) is 3. The largest absolute Gasteiger partial charge is 0.353 e. The molecular formula is C25H33N3O3S. The summed E-state index contributed by atoms with van der Waals surface area (Å²) in [6.45, 7) is 4.50. The van der Waals surface area contributed by atoms with Gasteiger partial charge in [0.15, 0.2) is 15.6 Å². The van der Waals surface area contributed by atoms with E-state index in [1.807, 2.05) is 13.0 Å². The van der Waals surface area contributed by atoms with Gasteiger partial charge in [-0.25, -0.2) is 18.4 Å². The van der Waals surface area contributed by atoms with Crippen LogP contribution in [0, 0.1) is 12.8 Å². The highest BCUT2D eigenvalue weighted by Crippen LogP contribution is 2.34. The number of hydrogen-bond donors (Lipinski definition) is 0. The first kappa shape index (κ1) is 22.9. The fourth-order valence-electron chi connectivity index (χ4n) is 4.55. The van der Waals surface area contributed by atoms with Crippen LogP contribution in [0.3, 0.4) is 0 Å². The molecule has 0 radical (unpaired) electrons. The summed E-state index contributed by atoms with van der Waals surface area (Å²) in [5, 5.41) is 0. The van der Waals surface area contributed by atoms with E-state index in [1.54, 1.807) is 25.1 Å². The standard InChI is InChI=1S/C25H33N3O3S/c1-3-32(30,31)22-12-11-20(18(2)13-22)14-24(29)23-15-25(27-17-26-23)28(16-19-9-10-19)21-7-5-4-6-8-21/h11-13,15,17,19,21H,3-10,14,16H2,1-2H3. The number of aromatic nitrogens is 2. The van der Waals surface area contributed by atoms with Crippen molar-refractivity contribution in [1.82, 2.24) is 9.97 Å². The van der Waals surface area contributed by atoms with Gasteiger partial charge >= 0.3 is 0 Å². The van der Waals surface area contributed by atoms with Crippen LogP contribution < -0.4 is 4.90 Å². The number of Topliss-reactive ketones (excluding diaryl/α,β-unsaturated/α-hetero) is 1. The molecule has 0 bridgehead atoms. The van der Waals surface area contributed by atoms with Crippen LogP contribution in [0.15, 0.2) is 35.5 Å². The molecule has 1 aromatic carbocycles. The molecule has 2 saturated carbocycles. The first-order chi connectivity index (χ1) is 15.4. The number of sulfone groups is 1. The minimum Gasteiger partial charge on any atom is -0.353 e. The van der Waals surface area contributed by atoms with E-state index < -0.39 is 9.84 Å². The zero-order valence-corrected chi connectivity index (χ0v) is 19.9. The average Bonchev–Trinajstić information content (AvgIpc) is 3.63. The maximum Gasteiger partial charge on any atom is 0.185 e. The summed E-state index contributed by atoms with van der Waals surface area (Å²) in [5.74, 6) is 1.60. The minimum atomic E-state index is -3.26. The number of ketones is 1. The van der Waals surface area contributed by atoms with Crippen molar-refractivity contribution < 1.29 is 13.2 Å². The number of carbonyl (C=O) groups excluding carboxylic acids is 1. The van der Waals surface area contributed by atoms with Gasteiger partial charge in [0.2, 0.25) is 0 Å². The Hall–Kier alpha value is -2.28. The summed E-state index contributed by atoms with van der Waals surface area (Å²) >= 11 is 0. The van der Waals surface area contributed by atoms with E-state index in [0.29, 0.717) is 16.6 Å². The second-order valence-corrected chi connectivity index (χ2v) is 11.5. The summed E-state index contributed by atoms with van der Waals surface area (Å²) in [7, 11) is -3.26. The molecule has 2 aromatic rings. The summed E-state index contributed by atoms with van der Waals surface area (Å²) in [6.07, 6.45) is 10.5. The van der Waals surface area contributed by atoms with Crippen molar-refractivity contribution >= 4 is 21.4 Å². The highest BCUT2D eigenvalue weighted by molar-refractivity contribution is 7.91. The lowest BCUT2D eigenvalue weighted by Gasteiger charge is -2.35. The molecule has 0 amide bonds. The van der Waals surface area contributed by atoms with Crippen LogP contribution in [0.4, 0.5) is 5.82 Å². The van der Waals surface area contributed by atoms with Crippen LogP contribution in [0.2, 0.25) is 0 Å². The van der Waals surface area contributed by atoms with Gasteiger partial charge in [0, 0.05) is 25.1 Å². The van der Waals surface area contributed by atoms with Crippen molar-refractivity contribution in [3.05, 3.63) is 47.4 Å². The molecule has 4 rings (SSSR count). The van der Waals surface area contributed by atoms with E-state index in [2.05, 4.69) is 14.9 Å². The Labute approximate surface area is 191 Å². The van der Waals surface area contributed by atoms with Gasteiger partial charge in [-0.15, -0.1) is 0 Å². The molecule has 172 valence electrons. The molecule has 1 heterocycles. The van der Waals surface area contributed by atoms with Crippen LogP contribution in [0.25, 0.3) is 0 Å². The molecule has 1 aromatic heterocycles. The van der Waals surface area contributed by atoms with E-state index >= 15 is 0 Å². The fraction of sp³-hybridized carbons (Fsp3) is 0.560. The van der Waals surface area contributed by atoms with E-state index in [1.165, 1.54) is 51.3 Å². The Morgan fingerprint density at radius 2 is 1.81 bits per heavy atom. The van der Waals surface area contributed by atoms with Crippen LogP contribution in [0.5, 0.6) is 0 Å². The average molecular weight is 456 g/mol. The molecule has 7 heteroatoms. The van der Waals surface area contributed by atoms with Crippen molar-refractivity contribution in [2.75, 3.05) is 17.2 Å². The number of benzene rings is 1. The maximum absolute atomic E-state index is 13.1. The van der Waals surface area contributed by atoms with Gasteiger partial charge in [0.1, 0.15) is 17.8 Å². The van der Waals surface area contributed by atoms with E-state index in [9.17, 15) is 13.2 Å². The second kappa shape index (κ2) is 9.69. The maximum atomic E-state index is 13.1. The van der Waals surface area contributed by atoms with Gasteiger partial charge in [0.05, 0.1) is 10.6 Å². The first-order valence-corrected chi connectivity index (χ1v) is 13.5. The molecule has 2 fully saturated rings. The Balaban J connectivity index is 1.52. The van der Waals surface area contributed by atoms with Crippen molar-refractivity contribution in [2.24, 2.45) is 5.92 Å². The zero-order chi connectivity index (χ0) is 22.7. The predicted octanol–water partition coefficient (Wildman–Crippen LogP) is 4.55. The lowest BCUT2D eigenvalue weighted by molar-refractivity contribution is 0.0988. The molecule has 0 unspecified atom stereocenters. The van der Waals surface area contributed by atoms with Gasteiger partial charge in [-0.1, -0.05) is 32.3 Å². The third-order valence-corrected chi connectivity index (χ3v) is 8.54. The van der Waals surface area contributed by atoms with Crippen LogP contribution in [-0.2, 0) is 16.3 Å². The van der Waals surface area contributed by atoms with Crippen molar-refractivity contribution in [3.8, 4) is 0 Å². The Kier molecular flexibility index (Phi) is 6.93. The molecule has 0 atom stereocenters. The predicted molar refractivity (Wildman–Crippen MR) is 126 cm³/mol. The highest BCUT2D eigenvalue weighted by Gasteiger charge is 2.30. The lowest BCUT2D eigenvalue weighted by Crippen LogP contribution is -2.39. The van der Waals surface area contributed by atoms with E-state index in [0.717, 1.165) is 29.4 Å². The van der Waals surface area contributed by atoms with Gasteiger partial charge in [-0.2, -0.15) is 0 Å². The van der Waals surface area contributed by atoms with Crippen molar-refractivity contribution in [3.63, 3.8) is 0 Å². The number of carbonyl (C=O) groups is 1. The van der Waals surface area contributed by atoms with Gasteiger partial charge in [-0.3, -0.25) is 4.79 Å². The van der Waals surface area contributed by atoms with E-state index in [4.69, 9.17) is 0 Å². The third-order valence-electron chi connectivity index (χ3n) is 6.80. The van der Waals surface area contributed by atoms with E-state index in [-0.39, 0.29) is 18.0 Å². The summed E-state index contributed by atoms with van der Waals surface area (Å²) in [6, 6.07) is 7.36. The van der Waals surface area contributed by atoms with Gasteiger partial charge in [0.25, 0.3) is 0 Å². The van der Waals surface area contributed by atoms with Crippen LogP contribution in [-0.4, -0.2) is 42.5 Å². The number of rotatable bonds is 9. The summed E-state index contributed by atoms with van der Waals surface area (Å²) < 4.78 is 24.3. The van der Waals surface area contributed by atoms with Crippen molar-refractivity contribution in [2.45, 2.75) is 76.2 Å². The minimum absolute atomic E-state index is 0.0623. The zero-order valence-electron chi connectivity index (χ0n) is 19.1. The third kappa shape index (κ3) is 5.37. The lowest BCUT2D eigenvalue weighted by atomic mass is 9.94. The highest BCUT2D eigenvalue weighted by atomic mass is 32.2. The Morgan fingerprint density at radius 1 is 1.06 bits per heavy atom. The first-order valence-electron chi connectivity index (χ1n) is 11.8. The molecule has 6 nitrogen and oxygen atoms in total. The second-order valence-electron chi connectivity index (χ2n) is 9.24. The van der Waals surface area contributed by atoms with Crippen LogP contribution in [0.1, 0.15) is 73.5 Å². The van der Waals surface area contributed by atoms with Gasteiger partial charge in [-0.05, 0) is 61.8 Å². The smallest absolute Gasteiger partial charge is 0.185 e. The molecule has 0 saturated heterocycles. The molecule has 2 aliphatic carbocycles. The van der Waals surface area contributed by atoms with Gasteiger partial charge < -0.3 is 4.90 Å².